The molecule has 0 atom stereocenters. The van der Waals surface area contributed by atoms with E-state index in [2.05, 4.69) is 112 Å². The summed E-state index contributed by atoms with van der Waals surface area (Å²) in [6.45, 7) is 15.7. The van der Waals surface area contributed by atoms with E-state index >= 15 is 0 Å². The average molecular weight is 687 g/mol. The van der Waals surface area contributed by atoms with Crippen LogP contribution >= 0.6 is 0 Å². The molecular formula is C49H42N4. The summed E-state index contributed by atoms with van der Waals surface area (Å²) >= 11 is 0. The summed E-state index contributed by atoms with van der Waals surface area (Å²) in [6, 6.07) is 50.2. The van der Waals surface area contributed by atoms with Crippen LogP contribution < -0.4 is 9.80 Å². The minimum Gasteiger partial charge on any atom is -0.309 e. The van der Waals surface area contributed by atoms with E-state index in [0.717, 1.165) is 55.8 Å². The van der Waals surface area contributed by atoms with Gasteiger partial charge in [-0.15, -0.1) is 0 Å². The fourth-order valence-corrected chi connectivity index (χ4v) is 7.78. The van der Waals surface area contributed by atoms with Crippen LogP contribution in [0.3, 0.4) is 0 Å². The first-order valence-electron chi connectivity index (χ1n) is 18.2. The third-order valence-electron chi connectivity index (χ3n) is 10.2. The summed E-state index contributed by atoms with van der Waals surface area (Å²) in [6.07, 6.45) is 1.98. The van der Waals surface area contributed by atoms with Crippen LogP contribution in [-0.4, -0.2) is 0 Å². The van der Waals surface area contributed by atoms with Crippen molar-refractivity contribution in [3.8, 4) is 12.1 Å². The number of fused-ring (bicyclic) bond motifs is 3. The van der Waals surface area contributed by atoms with Crippen molar-refractivity contribution in [2.75, 3.05) is 9.80 Å². The van der Waals surface area contributed by atoms with Crippen molar-refractivity contribution >= 4 is 61.7 Å². The van der Waals surface area contributed by atoms with Crippen molar-refractivity contribution in [2.45, 2.75) is 46.5 Å². The third-order valence-corrected chi connectivity index (χ3v) is 10.2. The molecular weight excluding hydrogens is 645 g/mol. The van der Waals surface area contributed by atoms with Crippen LogP contribution in [0.5, 0.6) is 0 Å². The molecule has 4 heteroatoms. The molecule has 0 heterocycles. The molecule has 0 fully saturated rings. The summed E-state index contributed by atoms with van der Waals surface area (Å²) in [4.78, 5) is 4.44. The Balaban J connectivity index is 1.69. The zero-order chi connectivity index (χ0) is 37.2. The molecule has 0 aromatic heterocycles. The first-order valence-corrected chi connectivity index (χ1v) is 18.2. The van der Waals surface area contributed by atoms with Crippen molar-refractivity contribution in [3.63, 3.8) is 0 Å². The van der Waals surface area contributed by atoms with E-state index in [9.17, 15) is 10.5 Å². The third kappa shape index (κ3) is 6.09. The number of benzene rings is 7. The summed E-state index contributed by atoms with van der Waals surface area (Å²) in [7, 11) is 0. The molecule has 7 aromatic carbocycles. The summed E-state index contributed by atoms with van der Waals surface area (Å²) in [5, 5.41) is 25.2. The van der Waals surface area contributed by atoms with Gasteiger partial charge in [0.2, 0.25) is 0 Å². The molecule has 7 rings (SSSR count). The number of hydrogen-bond donors (Lipinski definition) is 0. The van der Waals surface area contributed by atoms with E-state index in [4.69, 9.17) is 0 Å². The largest absolute Gasteiger partial charge is 0.309 e. The van der Waals surface area contributed by atoms with Gasteiger partial charge in [-0.3, -0.25) is 0 Å². The van der Waals surface area contributed by atoms with Crippen molar-refractivity contribution in [3.05, 3.63) is 173 Å². The Kier molecular flexibility index (Phi) is 9.56. The summed E-state index contributed by atoms with van der Waals surface area (Å²) < 4.78 is 0. The molecule has 0 saturated heterocycles. The molecule has 0 saturated carbocycles. The van der Waals surface area contributed by atoms with Gasteiger partial charge < -0.3 is 9.80 Å². The van der Waals surface area contributed by atoms with Gasteiger partial charge in [0.1, 0.15) is 12.1 Å². The fraction of sp³-hybridized carbons (Fsp3) is 0.143. The number of nitrogens with zero attached hydrogens (tertiary/aromatic N) is 4. The molecule has 258 valence electrons. The number of para-hydroxylation sites is 4. The van der Waals surface area contributed by atoms with Gasteiger partial charge in [-0.1, -0.05) is 113 Å². The van der Waals surface area contributed by atoms with Gasteiger partial charge in [0, 0.05) is 22.3 Å². The minimum atomic E-state index is 0.202. The van der Waals surface area contributed by atoms with Gasteiger partial charge in [-0.25, -0.2) is 0 Å². The van der Waals surface area contributed by atoms with Crippen molar-refractivity contribution < 1.29 is 0 Å². The SMILES string of the molecule is C=Cc1c(N(c2ccccc2)c2ccccc2C#N)cc(C(C)C)c2ccc3c(N(c4ccccc4)c4ccccc4C#N)cc(C(C)C)c(C)c3c12. The number of hydrogen-bond acceptors (Lipinski definition) is 4. The van der Waals surface area contributed by atoms with Crippen molar-refractivity contribution in [1.82, 2.24) is 0 Å². The second-order valence-electron chi connectivity index (χ2n) is 14.0. The normalized spacial score (nSPS) is 11.1. The molecule has 4 nitrogen and oxygen atoms in total. The van der Waals surface area contributed by atoms with Crippen LogP contribution in [0, 0.1) is 29.6 Å². The number of rotatable bonds is 9. The average Bonchev–Trinajstić information content (AvgIpc) is 3.19. The van der Waals surface area contributed by atoms with Crippen LogP contribution in [0.1, 0.15) is 72.9 Å². The first-order chi connectivity index (χ1) is 25.8. The Morgan fingerprint density at radius 1 is 0.528 bits per heavy atom. The van der Waals surface area contributed by atoms with Crippen LogP contribution in [0.2, 0.25) is 0 Å². The molecule has 0 amide bonds. The van der Waals surface area contributed by atoms with Crippen LogP contribution in [-0.2, 0) is 0 Å². The highest BCUT2D eigenvalue weighted by atomic mass is 15.2. The maximum Gasteiger partial charge on any atom is 0.101 e. The Morgan fingerprint density at radius 2 is 0.981 bits per heavy atom. The van der Waals surface area contributed by atoms with E-state index < -0.39 is 0 Å². The van der Waals surface area contributed by atoms with E-state index in [1.165, 1.54) is 22.1 Å². The number of aryl methyl sites for hydroxylation is 1. The minimum absolute atomic E-state index is 0.202. The Labute approximate surface area is 313 Å². The Hall–Kier alpha value is -6.62. The molecule has 0 aliphatic heterocycles. The number of anilines is 6. The van der Waals surface area contributed by atoms with Crippen molar-refractivity contribution in [2.24, 2.45) is 0 Å². The lowest BCUT2D eigenvalue weighted by atomic mass is 9.84. The van der Waals surface area contributed by atoms with Crippen LogP contribution in [0.4, 0.5) is 34.1 Å². The smallest absolute Gasteiger partial charge is 0.101 e. The topological polar surface area (TPSA) is 54.1 Å². The number of nitriles is 2. The lowest BCUT2D eigenvalue weighted by Gasteiger charge is -2.32. The van der Waals surface area contributed by atoms with E-state index in [-0.39, 0.29) is 11.8 Å². The molecule has 53 heavy (non-hydrogen) atoms. The standard InChI is InChI=1S/C49H42N4/c1-7-39-46(52(37-20-10-8-11-21-37)44-24-16-14-18-35(44)30-50)29-43(33(4)5)40-26-27-41-47(28-42(32(2)3)34(6)48(41)49(39)40)53(38-22-12-9-13-23-38)45-25-17-15-19-36(45)31-51/h7-29,32-33H,1H2,2-6H3. The summed E-state index contributed by atoms with van der Waals surface area (Å²) in [5.41, 5.74) is 11.4. The predicted octanol–water partition coefficient (Wildman–Crippen LogP) is 13.9. The second-order valence-corrected chi connectivity index (χ2v) is 14.0. The predicted molar refractivity (Wildman–Crippen MR) is 223 cm³/mol. The van der Waals surface area contributed by atoms with Crippen LogP contribution in [0.25, 0.3) is 27.6 Å². The zero-order valence-corrected chi connectivity index (χ0v) is 30.9. The van der Waals surface area contributed by atoms with Gasteiger partial charge >= 0.3 is 0 Å². The molecule has 0 N–H and O–H groups in total. The van der Waals surface area contributed by atoms with Gasteiger partial charge in [-0.2, -0.15) is 10.5 Å². The highest BCUT2D eigenvalue weighted by Gasteiger charge is 2.27. The quantitative estimate of drug-likeness (QED) is 0.142. The summed E-state index contributed by atoms with van der Waals surface area (Å²) in [5.74, 6) is 0.424. The zero-order valence-electron chi connectivity index (χ0n) is 30.9. The molecule has 0 aliphatic rings. The van der Waals surface area contributed by atoms with Gasteiger partial charge in [-0.05, 0) is 112 Å². The molecule has 0 spiro atoms. The van der Waals surface area contributed by atoms with E-state index in [0.29, 0.717) is 11.1 Å². The molecule has 7 aromatic rings. The Bertz CT molecular complexity index is 2570. The fourth-order valence-electron chi connectivity index (χ4n) is 7.78. The highest BCUT2D eigenvalue weighted by molar-refractivity contribution is 6.20. The highest BCUT2D eigenvalue weighted by Crippen LogP contribution is 2.50. The molecule has 0 bridgehead atoms. The Morgan fingerprint density at radius 3 is 1.47 bits per heavy atom. The van der Waals surface area contributed by atoms with Gasteiger partial charge in [0.15, 0.2) is 0 Å². The van der Waals surface area contributed by atoms with Gasteiger partial charge in [0.05, 0.1) is 33.9 Å². The molecule has 0 aliphatic carbocycles. The van der Waals surface area contributed by atoms with Gasteiger partial charge in [0.25, 0.3) is 0 Å². The van der Waals surface area contributed by atoms with E-state index in [1.54, 1.807) is 0 Å². The lowest BCUT2D eigenvalue weighted by Crippen LogP contribution is -2.15. The van der Waals surface area contributed by atoms with Crippen LogP contribution in [0.15, 0.2) is 140 Å². The van der Waals surface area contributed by atoms with Crippen molar-refractivity contribution in [1.29, 1.82) is 10.5 Å². The lowest BCUT2D eigenvalue weighted by molar-refractivity contribution is 0.859. The monoisotopic (exact) mass is 686 g/mol. The van der Waals surface area contributed by atoms with E-state index in [1.807, 2.05) is 91.0 Å². The first kappa shape index (κ1) is 34.8. The molecule has 0 radical (unpaired) electrons. The maximum absolute atomic E-state index is 10.3. The molecule has 0 unspecified atom stereocenters. The maximum atomic E-state index is 10.3. The second kappa shape index (κ2) is 14.5.